The predicted molar refractivity (Wildman–Crippen MR) is 70.6 cm³/mol. The third-order valence-electron chi connectivity index (χ3n) is 3.39. The van der Waals surface area contributed by atoms with Gasteiger partial charge in [-0.2, -0.15) is 0 Å². The van der Waals surface area contributed by atoms with Crippen molar-refractivity contribution in [1.29, 1.82) is 0 Å². The highest BCUT2D eigenvalue weighted by Gasteiger charge is 2.34. The molecule has 4 nitrogen and oxygen atoms in total. The van der Waals surface area contributed by atoms with Crippen molar-refractivity contribution < 1.29 is 14.7 Å². The molecule has 2 aromatic rings. The monoisotopic (exact) mass is 253 g/mol. The van der Waals surface area contributed by atoms with Gasteiger partial charge in [-0.05, 0) is 18.6 Å². The number of phenols is 1. The number of hydrogen-bond donors (Lipinski definition) is 2. The van der Waals surface area contributed by atoms with E-state index in [0.717, 1.165) is 0 Å². The molecule has 94 valence electrons. The molecule has 0 bridgehead atoms. The van der Waals surface area contributed by atoms with Crippen LogP contribution in [0.4, 0.5) is 5.69 Å². The topological polar surface area (TPSA) is 80.4 Å². The minimum absolute atomic E-state index is 0.0150. The van der Waals surface area contributed by atoms with Gasteiger partial charge >= 0.3 is 0 Å². The summed E-state index contributed by atoms with van der Waals surface area (Å²) in [5.74, 6) is -0.854. The summed E-state index contributed by atoms with van der Waals surface area (Å²) < 4.78 is 0. The van der Waals surface area contributed by atoms with Gasteiger partial charge in [0.1, 0.15) is 5.75 Å². The summed E-state index contributed by atoms with van der Waals surface area (Å²) in [6.45, 7) is 1.64. The zero-order chi connectivity index (χ0) is 13.7. The molecular weight excluding hydrogens is 242 g/mol. The molecule has 0 heterocycles. The summed E-state index contributed by atoms with van der Waals surface area (Å²) in [7, 11) is 0. The van der Waals surface area contributed by atoms with E-state index in [1.54, 1.807) is 31.2 Å². The number of nitrogen functional groups attached to an aromatic ring is 1. The number of aryl methyl sites for hydroxylation is 1. The van der Waals surface area contributed by atoms with Gasteiger partial charge in [0.25, 0.3) is 0 Å². The number of nitrogens with two attached hydrogens (primary N) is 1. The smallest absolute Gasteiger partial charge is 0.198 e. The van der Waals surface area contributed by atoms with Crippen LogP contribution in [0.5, 0.6) is 5.75 Å². The Labute approximate surface area is 109 Å². The number of fused-ring (bicyclic) bond motifs is 2. The van der Waals surface area contributed by atoms with Gasteiger partial charge in [0.15, 0.2) is 11.6 Å². The van der Waals surface area contributed by atoms with E-state index in [1.807, 2.05) is 0 Å². The van der Waals surface area contributed by atoms with Crippen LogP contribution in [0, 0.1) is 6.92 Å². The second-order valence-corrected chi connectivity index (χ2v) is 4.59. The van der Waals surface area contributed by atoms with E-state index in [9.17, 15) is 14.7 Å². The number of anilines is 1. The standard InChI is InChI=1S/C15H11NO3/c1-7-6-10(16)11-12(13(7)17)15(19)9-5-3-2-4-8(9)14(11)18/h2-6,17H,16H2,1H3. The lowest BCUT2D eigenvalue weighted by atomic mass is 9.82. The largest absolute Gasteiger partial charge is 0.507 e. The molecule has 0 aromatic heterocycles. The van der Waals surface area contributed by atoms with Crippen LogP contribution >= 0.6 is 0 Å². The lowest BCUT2D eigenvalue weighted by Gasteiger charge is -2.20. The average Bonchev–Trinajstić information content (AvgIpc) is 2.40. The molecule has 0 fully saturated rings. The zero-order valence-corrected chi connectivity index (χ0v) is 10.2. The minimum Gasteiger partial charge on any atom is -0.507 e. The molecule has 1 aliphatic rings. The van der Waals surface area contributed by atoms with Crippen molar-refractivity contribution in [3.8, 4) is 5.75 Å². The fourth-order valence-electron chi connectivity index (χ4n) is 2.45. The molecule has 0 radical (unpaired) electrons. The van der Waals surface area contributed by atoms with Crippen molar-refractivity contribution in [2.24, 2.45) is 0 Å². The first-order valence-electron chi connectivity index (χ1n) is 5.83. The molecule has 3 rings (SSSR count). The molecule has 3 N–H and O–H groups in total. The van der Waals surface area contributed by atoms with Gasteiger partial charge in [0, 0.05) is 16.8 Å². The second-order valence-electron chi connectivity index (χ2n) is 4.59. The zero-order valence-electron chi connectivity index (χ0n) is 10.2. The van der Waals surface area contributed by atoms with Crippen molar-refractivity contribution in [2.75, 3.05) is 5.73 Å². The maximum absolute atomic E-state index is 12.4. The van der Waals surface area contributed by atoms with Gasteiger partial charge in [-0.25, -0.2) is 0 Å². The van der Waals surface area contributed by atoms with Gasteiger partial charge in [0.05, 0.1) is 11.1 Å². The summed E-state index contributed by atoms with van der Waals surface area (Å²) in [4.78, 5) is 24.8. The molecule has 0 aliphatic heterocycles. The van der Waals surface area contributed by atoms with E-state index in [-0.39, 0.29) is 34.1 Å². The van der Waals surface area contributed by atoms with Crippen LogP contribution in [0.1, 0.15) is 37.4 Å². The van der Waals surface area contributed by atoms with Crippen LogP contribution in [-0.2, 0) is 0 Å². The average molecular weight is 253 g/mol. The SMILES string of the molecule is Cc1cc(N)c2c(c1O)C(=O)c1ccccc1C2=O. The van der Waals surface area contributed by atoms with E-state index in [1.165, 1.54) is 6.07 Å². The number of phenolic OH excluding ortho intramolecular Hbond substituents is 1. The van der Waals surface area contributed by atoms with E-state index >= 15 is 0 Å². The summed E-state index contributed by atoms with van der Waals surface area (Å²) >= 11 is 0. The Morgan fingerprint density at radius 3 is 2.11 bits per heavy atom. The number of benzene rings is 2. The van der Waals surface area contributed by atoms with Crippen LogP contribution in [0.25, 0.3) is 0 Å². The van der Waals surface area contributed by atoms with Crippen molar-refractivity contribution >= 4 is 17.3 Å². The molecule has 0 unspecified atom stereocenters. The van der Waals surface area contributed by atoms with E-state index in [2.05, 4.69) is 0 Å². The van der Waals surface area contributed by atoms with Crippen LogP contribution in [0.3, 0.4) is 0 Å². The highest BCUT2D eigenvalue weighted by atomic mass is 16.3. The van der Waals surface area contributed by atoms with Gasteiger partial charge in [-0.15, -0.1) is 0 Å². The molecule has 0 saturated carbocycles. The highest BCUT2D eigenvalue weighted by molar-refractivity contribution is 6.31. The Balaban J connectivity index is 2.43. The summed E-state index contributed by atoms with van der Waals surface area (Å²) in [6.07, 6.45) is 0. The minimum atomic E-state index is -0.363. The summed E-state index contributed by atoms with van der Waals surface area (Å²) in [5, 5.41) is 10.1. The number of aromatic hydroxyl groups is 1. The Morgan fingerprint density at radius 2 is 1.53 bits per heavy atom. The van der Waals surface area contributed by atoms with Crippen molar-refractivity contribution in [1.82, 2.24) is 0 Å². The first kappa shape index (κ1) is 11.5. The van der Waals surface area contributed by atoms with Gasteiger partial charge in [-0.1, -0.05) is 24.3 Å². The molecular formula is C15H11NO3. The number of rotatable bonds is 0. The van der Waals surface area contributed by atoms with Crippen LogP contribution in [0.2, 0.25) is 0 Å². The fraction of sp³-hybridized carbons (Fsp3) is 0.0667. The Morgan fingerprint density at radius 1 is 1.00 bits per heavy atom. The molecule has 19 heavy (non-hydrogen) atoms. The molecule has 4 heteroatoms. The van der Waals surface area contributed by atoms with Crippen molar-refractivity contribution in [3.63, 3.8) is 0 Å². The summed E-state index contributed by atoms with van der Waals surface area (Å²) in [5.41, 5.74) is 7.29. The quantitative estimate of drug-likeness (QED) is 0.474. The van der Waals surface area contributed by atoms with Crippen LogP contribution < -0.4 is 5.73 Å². The number of carbonyl (C=O) groups excluding carboxylic acids is 2. The number of ketones is 2. The molecule has 0 atom stereocenters. The molecule has 2 aromatic carbocycles. The molecule has 1 aliphatic carbocycles. The molecule has 0 spiro atoms. The lowest BCUT2D eigenvalue weighted by Crippen LogP contribution is -2.22. The first-order chi connectivity index (χ1) is 9.02. The lowest BCUT2D eigenvalue weighted by molar-refractivity contribution is 0.0977. The Bertz CT molecular complexity index is 747. The van der Waals surface area contributed by atoms with E-state index < -0.39 is 0 Å². The van der Waals surface area contributed by atoms with Crippen molar-refractivity contribution in [2.45, 2.75) is 6.92 Å². The van der Waals surface area contributed by atoms with Gasteiger partial charge in [-0.3, -0.25) is 9.59 Å². The van der Waals surface area contributed by atoms with Crippen molar-refractivity contribution in [3.05, 3.63) is 58.1 Å². The Kier molecular flexibility index (Phi) is 2.22. The number of carbonyl (C=O) groups is 2. The predicted octanol–water partition coefficient (Wildman–Crippen LogP) is 2.06. The third-order valence-corrected chi connectivity index (χ3v) is 3.39. The van der Waals surface area contributed by atoms with Crippen LogP contribution in [-0.4, -0.2) is 16.7 Å². The van der Waals surface area contributed by atoms with Crippen LogP contribution in [0.15, 0.2) is 30.3 Å². The van der Waals surface area contributed by atoms with Gasteiger partial charge < -0.3 is 10.8 Å². The fourth-order valence-corrected chi connectivity index (χ4v) is 2.45. The highest BCUT2D eigenvalue weighted by Crippen LogP contribution is 2.37. The van der Waals surface area contributed by atoms with Gasteiger partial charge in [0.2, 0.25) is 0 Å². The third kappa shape index (κ3) is 1.40. The first-order valence-corrected chi connectivity index (χ1v) is 5.83. The maximum Gasteiger partial charge on any atom is 0.198 e. The molecule has 0 amide bonds. The number of hydrogen-bond acceptors (Lipinski definition) is 4. The second kappa shape index (κ2) is 3.68. The summed E-state index contributed by atoms with van der Waals surface area (Å²) in [6, 6.07) is 8.06. The maximum atomic E-state index is 12.4. The Hall–Kier alpha value is -2.62. The normalized spacial score (nSPS) is 13.1. The molecule has 0 saturated heterocycles. The van der Waals surface area contributed by atoms with E-state index in [0.29, 0.717) is 16.7 Å². The van der Waals surface area contributed by atoms with E-state index in [4.69, 9.17) is 5.73 Å².